The van der Waals surface area contributed by atoms with Gasteiger partial charge in [-0.15, -0.1) is 0 Å². The van der Waals surface area contributed by atoms with Crippen LogP contribution in [0.5, 0.6) is 0 Å². The second kappa shape index (κ2) is 49.1. The molecule has 0 aromatic heterocycles. The van der Waals surface area contributed by atoms with Crippen LogP contribution < -0.4 is 10.6 Å². The van der Waals surface area contributed by atoms with Crippen molar-refractivity contribution in [2.75, 3.05) is 27.4 Å². The van der Waals surface area contributed by atoms with E-state index in [0.717, 1.165) is 31.9 Å². The van der Waals surface area contributed by atoms with Gasteiger partial charge in [0.05, 0.1) is 71.8 Å². The van der Waals surface area contributed by atoms with Crippen LogP contribution in [0.15, 0.2) is 285 Å². The Kier molecular flexibility index (Phi) is 36.2. The van der Waals surface area contributed by atoms with E-state index in [1.165, 1.54) is 224 Å². The van der Waals surface area contributed by atoms with Crippen molar-refractivity contribution in [1.82, 2.24) is 10.6 Å². The quantitative estimate of drug-likeness (QED) is 0.0212. The molecule has 143 heavy (non-hydrogen) atoms. The maximum absolute atomic E-state index is 15.9. The molecule has 35 nitrogen and oxygen atoms in total. The van der Waals surface area contributed by atoms with Crippen molar-refractivity contribution >= 4 is 164 Å². The number of rotatable bonds is 35. The molecule has 0 radical (unpaired) electrons. The highest BCUT2D eigenvalue weighted by Crippen LogP contribution is 2.43. The molecule has 4 fully saturated rings. The lowest BCUT2D eigenvalue weighted by atomic mass is 9.93. The molecule has 10 aromatic rings. The maximum atomic E-state index is 15.9. The number of nitrogens with one attached hydrogen (secondary N) is 2. The molecule has 20 atom stereocenters. The summed E-state index contributed by atoms with van der Waals surface area (Å²) in [6, 6.07) is 64.3. The molecule has 41 heteroatoms. The van der Waals surface area contributed by atoms with Crippen molar-refractivity contribution in [3.05, 3.63) is 335 Å². The van der Waals surface area contributed by atoms with Gasteiger partial charge >= 0.3 is 65.7 Å². The number of ether oxygens (including phenoxy) is 19. The van der Waals surface area contributed by atoms with Gasteiger partial charge in [-0.1, -0.05) is 252 Å². The lowest BCUT2D eigenvalue weighted by molar-refractivity contribution is -0.368. The minimum Gasteiger partial charge on any atom is -0.467 e. The first-order valence-corrected chi connectivity index (χ1v) is 46.3. The summed E-state index contributed by atoms with van der Waals surface area (Å²) in [5.41, 5.74) is -1.19. The lowest BCUT2D eigenvalue weighted by Gasteiger charge is -2.51. The normalized spacial score (nSPS) is 24.1. The highest BCUT2D eigenvalue weighted by Gasteiger charge is 2.64. The molecule has 4 saturated heterocycles. The van der Waals surface area contributed by atoms with Gasteiger partial charge in [0.2, 0.25) is 0 Å². The first-order chi connectivity index (χ1) is 68.8. The molecule has 10 aromatic carbocycles. The third-order valence-electron chi connectivity index (χ3n) is 22.6. The van der Waals surface area contributed by atoms with Crippen molar-refractivity contribution in [2.45, 2.75) is 157 Å². The van der Waals surface area contributed by atoms with E-state index < -0.39 is 246 Å². The van der Waals surface area contributed by atoms with Crippen LogP contribution in [-0.2, 0) is 125 Å². The minimum absolute atomic E-state index is 0.00153. The number of amides is 2. The third kappa shape index (κ3) is 27.4. The first kappa shape index (κ1) is 105. The van der Waals surface area contributed by atoms with Crippen molar-refractivity contribution in [1.29, 1.82) is 0 Å². The van der Waals surface area contributed by atoms with Gasteiger partial charge in [-0.05, 0) is 126 Å². The number of fused-ring (bicyclic) bond motifs is 1. The second-order valence-corrected chi connectivity index (χ2v) is 36.8. The molecule has 2 N–H and O–H groups in total. The average Bonchev–Trinajstić information content (AvgIpc) is 0.746. The summed E-state index contributed by atoms with van der Waals surface area (Å²) in [7, 11) is 1.68. The molecule has 4 aliphatic rings. The molecule has 4 heterocycles. The van der Waals surface area contributed by atoms with Crippen LogP contribution in [0.2, 0.25) is 0 Å². The Balaban J connectivity index is 0.989. The first-order valence-electron chi connectivity index (χ1n) is 44.1. The minimum atomic E-state index is -3.18. The predicted octanol–water partition coefficient (Wildman–Crippen LogP) is 12.8. The summed E-state index contributed by atoms with van der Waals surface area (Å²) >= 11 is 39.2. The van der Waals surface area contributed by atoms with Crippen LogP contribution in [0.4, 0.5) is 0 Å². The van der Waals surface area contributed by atoms with E-state index in [0.29, 0.717) is 5.56 Å². The third-order valence-corrected chi connectivity index (χ3v) is 23.6. The summed E-state index contributed by atoms with van der Waals surface area (Å²) in [4.78, 5) is 209. The molecule has 0 aliphatic carbocycles. The number of methoxy groups -OCH3 is 2. The Morgan fingerprint density at radius 2 is 0.601 bits per heavy atom. The van der Waals surface area contributed by atoms with Gasteiger partial charge in [0, 0.05) is 6.42 Å². The van der Waals surface area contributed by atoms with Crippen LogP contribution in [0.25, 0.3) is 10.8 Å². The number of carbonyl (C=O) groups is 14. The lowest BCUT2D eigenvalue weighted by Crippen LogP contribution is -2.72. The second-order valence-electron chi connectivity index (χ2n) is 32.3. The van der Waals surface area contributed by atoms with Crippen LogP contribution in [-0.4, -0.2) is 241 Å². The van der Waals surface area contributed by atoms with E-state index in [-0.39, 0.29) is 44.5 Å². The Bertz CT molecular complexity index is 6150. The van der Waals surface area contributed by atoms with Crippen LogP contribution in [0.3, 0.4) is 0 Å². The van der Waals surface area contributed by atoms with Gasteiger partial charge in [0.25, 0.3) is 19.4 Å². The molecule has 0 bridgehead atoms. The van der Waals surface area contributed by atoms with Crippen LogP contribution in [0, 0.1) is 0 Å². The maximum Gasteiger partial charge on any atom is 0.339 e. The Morgan fingerprint density at radius 3 is 0.951 bits per heavy atom. The number of carbonyl (C=O) groups excluding carboxylic acids is 14. The smallest absolute Gasteiger partial charge is 0.339 e. The molecule has 4 aliphatic heterocycles. The van der Waals surface area contributed by atoms with E-state index in [1.54, 1.807) is 42.5 Å². The Hall–Kier alpha value is -13.3. The van der Waals surface area contributed by atoms with E-state index in [2.05, 4.69) is 10.6 Å². The summed E-state index contributed by atoms with van der Waals surface area (Å²) in [5, 5.41) is 6.55. The van der Waals surface area contributed by atoms with E-state index >= 15 is 33.6 Å². The zero-order chi connectivity index (χ0) is 102. The van der Waals surface area contributed by atoms with Gasteiger partial charge in [-0.25, -0.2) is 47.9 Å². The standard InChI is InChI=1S/C102H88Cl6N2O33/c1-56(111)48-51-70(112)132-77-79(135-89(117)63-39-20-8-21-40-63)83(137-91(119)65-43-24-10-25-44-65)97(142-81(77)93(121)125-2)140-76-72(110-100(124)102(106,107)108)96(131-69(55-128-86(114)60-33-14-5-15-34-60)74(76)134-88(116)62-37-18-7-19-38-62)141-78-80(136-90(118)64-41-22-9-23-42-64)84(138-92(120)66-45-26-11-27-46-66)98(143-82(78)94(122)126-3)139-75-71(109-99(123)101(103,104)105)95(129-53-57-49-50-58-30-28-29-47-67(58)52-57)130-68(54-127-85(113)59-31-12-4-13-32-59)73(75)133-87(115)61-35-16-6-17-36-61/h4-47,49-50,52,68-69,71-84,95-98H,48,51,53-55H2,1-3H3,(H,109,123)(H,110,124)/t68-,69-,71-,72-,73-,74-,75-,76-,77+,78+,79+,80+,81+,82+,83-,84-,95-,96+,97-,98-/m1/s1. The number of benzene rings is 10. The van der Waals surface area contributed by atoms with Gasteiger partial charge in [0.1, 0.15) is 61.6 Å². The monoisotopic (exact) mass is 2080 g/mol. The number of esters is 11. The highest BCUT2D eigenvalue weighted by atomic mass is 35.6. The van der Waals surface area contributed by atoms with E-state index in [4.69, 9.17) is 160 Å². The van der Waals surface area contributed by atoms with E-state index in [9.17, 15) is 33.6 Å². The van der Waals surface area contributed by atoms with Gasteiger partial charge in [-0.3, -0.25) is 14.4 Å². The molecular formula is C102H88Cl6N2O33. The summed E-state index contributed by atoms with van der Waals surface area (Å²) < 4.78 is 117. The molecule has 0 saturated carbocycles. The fraction of sp³-hybridized carbons (Fsp3) is 0.294. The molecule has 14 rings (SSSR count). The Labute approximate surface area is 845 Å². The van der Waals surface area contributed by atoms with Crippen molar-refractivity contribution in [3.63, 3.8) is 0 Å². The highest BCUT2D eigenvalue weighted by molar-refractivity contribution is 6.76. The van der Waals surface area contributed by atoms with Crippen LogP contribution >= 0.6 is 69.6 Å². The molecule has 746 valence electrons. The van der Waals surface area contributed by atoms with Crippen molar-refractivity contribution < 1.29 is 157 Å². The molecule has 0 spiro atoms. The van der Waals surface area contributed by atoms with Crippen molar-refractivity contribution in [2.24, 2.45) is 0 Å². The summed E-state index contributed by atoms with van der Waals surface area (Å²) in [5.74, 6) is -17.9. The fourth-order valence-corrected chi connectivity index (χ4v) is 16.0. The zero-order valence-corrected chi connectivity index (χ0v) is 80.0. The number of hydrogen-bond acceptors (Lipinski definition) is 33. The predicted molar refractivity (Wildman–Crippen MR) is 504 cm³/mol. The molecular weight excluding hydrogens is 1990 g/mol. The largest absolute Gasteiger partial charge is 0.467 e. The van der Waals surface area contributed by atoms with Crippen molar-refractivity contribution in [3.8, 4) is 0 Å². The molecule has 0 unspecified atom stereocenters. The fourth-order valence-electron chi connectivity index (χ4n) is 15.7. The summed E-state index contributed by atoms with van der Waals surface area (Å²) in [6.45, 7) is -1.38. The number of Topliss-reactive ketones (excluding diaryl/α,β-unsaturated/α-hetero) is 1. The average molecular weight is 2080 g/mol. The molecule has 2 amide bonds. The number of hydrogen-bond donors (Lipinski definition) is 2. The Morgan fingerprint density at radius 1 is 0.301 bits per heavy atom. The number of halogens is 6. The van der Waals surface area contributed by atoms with Crippen LogP contribution in [0.1, 0.15) is 108 Å². The van der Waals surface area contributed by atoms with Gasteiger partial charge in [0.15, 0.2) is 80.1 Å². The van der Waals surface area contributed by atoms with Gasteiger partial charge in [-0.2, -0.15) is 0 Å². The SMILES string of the molecule is COC(=O)[C@H]1O[C@@H](O[C@@H]2[C@@H](NC(=O)C(Cl)(Cl)Cl)[C@H](O[C@H]3[C@H](OC(=O)c4ccccc4)[C@@H](OC(=O)c4ccccc4)[C@H](O[C@@H]4[C@@H](NC(=O)C(Cl)(Cl)Cl)[C@H](OCc5ccc6ccccc6c5)O[C@H](COC(=O)c5ccccc5)[C@H]4OC(=O)c4ccccc4)O[C@@H]3C(=O)OC)O[C@H](COC(=O)c3ccccc3)[C@H]2OC(=O)c2ccccc2)[C@H](OC(=O)c2ccccc2)[C@@H](OC(=O)c2ccccc2)[C@@H]1OC(=O)CCC(C)=O. The number of ketones is 1. The zero-order valence-electron chi connectivity index (χ0n) is 75.5. The summed E-state index contributed by atoms with van der Waals surface area (Å²) in [6.07, 6.45) is -45.0. The number of alkyl halides is 6. The topological polar surface area (TPSA) is 438 Å². The van der Waals surface area contributed by atoms with Gasteiger partial charge < -0.3 is 105 Å². The van der Waals surface area contributed by atoms with E-state index in [1.807, 2.05) is 18.2 Å².